The highest BCUT2D eigenvalue weighted by Crippen LogP contribution is 2.24. The number of benzene rings is 1. The second-order valence-corrected chi connectivity index (χ2v) is 6.53. The normalized spacial score (nSPS) is 14.4. The van der Waals surface area contributed by atoms with Crippen molar-refractivity contribution in [2.75, 3.05) is 13.6 Å². The molecule has 0 fully saturated rings. The minimum atomic E-state index is 0.0604. The van der Waals surface area contributed by atoms with Crippen LogP contribution in [0.25, 0.3) is 0 Å². The standard InChI is InChI=1S/C16H21ClN2S/c1-12(16-4-3-11-20-16)19(2)10-9-15(18)13-5-7-14(17)8-6-13/h3-8,11-12,15H,9-10,18H2,1-2H3. The Morgan fingerprint density at radius 3 is 2.55 bits per heavy atom. The molecular weight excluding hydrogens is 288 g/mol. The van der Waals surface area contributed by atoms with Crippen LogP contribution in [0.3, 0.4) is 0 Å². The summed E-state index contributed by atoms with van der Waals surface area (Å²) in [6.45, 7) is 3.21. The second-order valence-electron chi connectivity index (χ2n) is 5.12. The first-order valence-corrected chi connectivity index (χ1v) is 8.08. The highest BCUT2D eigenvalue weighted by Gasteiger charge is 2.14. The lowest BCUT2D eigenvalue weighted by atomic mass is 10.0. The summed E-state index contributed by atoms with van der Waals surface area (Å²) in [5, 5.41) is 2.88. The predicted molar refractivity (Wildman–Crippen MR) is 88.4 cm³/mol. The molecule has 1 heterocycles. The first-order valence-electron chi connectivity index (χ1n) is 6.82. The Hall–Kier alpha value is -0.870. The van der Waals surface area contributed by atoms with Gasteiger partial charge < -0.3 is 5.73 Å². The molecule has 2 aromatic rings. The molecule has 2 N–H and O–H groups in total. The summed E-state index contributed by atoms with van der Waals surface area (Å²) in [5.41, 5.74) is 7.39. The van der Waals surface area contributed by atoms with Crippen LogP contribution in [0.1, 0.15) is 35.9 Å². The number of rotatable bonds is 6. The van der Waals surface area contributed by atoms with Gasteiger partial charge in [0.25, 0.3) is 0 Å². The van der Waals surface area contributed by atoms with E-state index in [0.29, 0.717) is 6.04 Å². The van der Waals surface area contributed by atoms with Gasteiger partial charge in [0.2, 0.25) is 0 Å². The van der Waals surface area contributed by atoms with Gasteiger partial charge in [0, 0.05) is 28.5 Å². The van der Waals surface area contributed by atoms with Gasteiger partial charge in [0.15, 0.2) is 0 Å². The van der Waals surface area contributed by atoms with Crippen LogP contribution in [0.2, 0.25) is 5.02 Å². The Kier molecular flexibility index (Phi) is 5.61. The summed E-state index contributed by atoms with van der Waals surface area (Å²) in [5.74, 6) is 0. The molecule has 20 heavy (non-hydrogen) atoms. The van der Waals surface area contributed by atoms with Gasteiger partial charge in [-0.15, -0.1) is 11.3 Å². The molecule has 2 rings (SSSR count). The van der Waals surface area contributed by atoms with Crippen LogP contribution in [0.15, 0.2) is 41.8 Å². The summed E-state index contributed by atoms with van der Waals surface area (Å²) in [7, 11) is 2.15. The molecule has 0 aliphatic carbocycles. The Bertz CT molecular complexity index is 510. The quantitative estimate of drug-likeness (QED) is 0.852. The maximum absolute atomic E-state index is 6.25. The van der Waals surface area contributed by atoms with Crippen molar-refractivity contribution in [2.24, 2.45) is 5.73 Å². The van der Waals surface area contributed by atoms with Gasteiger partial charge in [-0.1, -0.05) is 29.8 Å². The van der Waals surface area contributed by atoms with E-state index in [2.05, 4.69) is 36.4 Å². The second kappa shape index (κ2) is 7.23. The van der Waals surface area contributed by atoms with Crippen LogP contribution in [-0.4, -0.2) is 18.5 Å². The summed E-state index contributed by atoms with van der Waals surface area (Å²) < 4.78 is 0. The zero-order chi connectivity index (χ0) is 14.5. The fourth-order valence-electron chi connectivity index (χ4n) is 2.16. The molecule has 0 aliphatic heterocycles. The third-order valence-electron chi connectivity index (χ3n) is 3.71. The first kappa shape index (κ1) is 15.5. The SMILES string of the molecule is CC(c1cccs1)N(C)CCC(N)c1ccc(Cl)cc1. The van der Waals surface area contributed by atoms with Crippen LogP contribution in [-0.2, 0) is 0 Å². The average Bonchev–Trinajstić information content (AvgIpc) is 2.98. The van der Waals surface area contributed by atoms with Gasteiger partial charge in [-0.25, -0.2) is 0 Å². The van der Waals surface area contributed by atoms with Gasteiger partial charge in [0.1, 0.15) is 0 Å². The minimum absolute atomic E-state index is 0.0604. The molecule has 0 saturated heterocycles. The van der Waals surface area contributed by atoms with Crippen LogP contribution in [0.5, 0.6) is 0 Å². The van der Waals surface area contributed by atoms with Gasteiger partial charge in [-0.2, -0.15) is 0 Å². The van der Waals surface area contributed by atoms with Gasteiger partial charge >= 0.3 is 0 Å². The monoisotopic (exact) mass is 308 g/mol. The summed E-state index contributed by atoms with van der Waals surface area (Å²) >= 11 is 7.70. The molecule has 0 saturated carbocycles. The number of hydrogen-bond acceptors (Lipinski definition) is 3. The molecular formula is C16H21ClN2S. The number of thiophene rings is 1. The van der Waals surface area contributed by atoms with E-state index in [4.69, 9.17) is 17.3 Å². The number of halogens is 1. The van der Waals surface area contributed by atoms with Crippen LogP contribution >= 0.6 is 22.9 Å². The number of nitrogens with zero attached hydrogens (tertiary/aromatic N) is 1. The van der Waals surface area contributed by atoms with E-state index >= 15 is 0 Å². The molecule has 2 unspecified atom stereocenters. The van der Waals surface area contributed by atoms with Crippen molar-refractivity contribution in [1.29, 1.82) is 0 Å². The molecule has 0 amide bonds. The molecule has 2 atom stereocenters. The molecule has 0 aliphatic rings. The predicted octanol–water partition coefficient (Wildman–Crippen LogP) is 4.48. The van der Waals surface area contributed by atoms with Crippen molar-refractivity contribution >= 4 is 22.9 Å². The van der Waals surface area contributed by atoms with Crippen molar-refractivity contribution < 1.29 is 0 Å². The topological polar surface area (TPSA) is 29.3 Å². The zero-order valence-corrected chi connectivity index (χ0v) is 13.5. The number of nitrogens with two attached hydrogens (primary N) is 1. The summed E-state index contributed by atoms with van der Waals surface area (Å²) in [6.07, 6.45) is 0.938. The lowest BCUT2D eigenvalue weighted by molar-refractivity contribution is 0.254. The lowest BCUT2D eigenvalue weighted by Crippen LogP contribution is -2.26. The molecule has 0 spiro atoms. The van der Waals surface area contributed by atoms with Crippen molar-refractivity contribution in [3.63, 3.8) is 0 Å². The van der Waals surface area contributed by atoms with E-state index in [9.17, 15) is 0 Å². The highest BCUT2D eigenvalue weighted by atomic mass is 35.5. The van der Waals surface area contributed by atoms with Gasteiger partial charge in [-0.3, -0.25) is 4.90 Å². The van der Waals surface area contributed by atoms with Crippen LogP contribution in [0.4, 0.5) is 0 Å². The van der Waals surface area contributed by atoms with E-state index in [1.165, 1.54) is 4.88 Å². The van der Waals surface area contributed by atoms with Crippen molar-refractivity contribution in [3.8, 4) is 0 Å². The smallest absolute Gasteiger partial charge is 0.0410 e. The van der Waals surface area contributed by atoms with Gasteiger partial charge in [-0.05, 0) is 49.5 Å². The Morgan fingerprint density at radius 2 is 1.95 bits per heavy atom. The van der Waals surface area contributed by atoms with E-state index in [0.717, 1.165) is 23.6 Å². The highest BCUT2D eigenvalue weighted by molar-refractivity contribution is 7.10. The fourth-order valence-corrected chi connectivity index (χ4v) is 3.13. The average molecular weight is 309 g/mol. The molecule has 2 nitrogen and oxygen atoms in total. The first-order chi connectivity index (χ1) is 9.58. The molecule has 4 heteroatoms. The maximum Gasteiger partial charge on any atom is 0.0410 e. The number of hydrogen-bond donors (Lipinski definition) is 1. The largest absolute Gasteiger partial charge is 0.324 e. The molecule has 1 aromatic heterocycles. The third-order valence-corrected chi connectivity index (χ3v) is 5.00. The maximum atomic E-state index is 6.25. The van der Waals surface area contributed by atoms with E-state index in [1.54, 1.807) is 11.3 Å². The van der Waals surface area contributed by atoms with E-state index in [1.807, 2.05) is 24.3 Å². The van der Waals surface area contributed by atoms with E-state index in [-0.39, 0.29) is 6.04 Å². The van der Waals surface area contributed by atoms with Gasteiger partial charge in [0.05, 0.1) is 0 Å². The summed E-state index contributed by atoms with van der Waals surface area (Å²) in [4.78, 5) is 3.74. The van der Waals surface area contributed by atoms with E-state index < -0.39 is 0 Å². The Labute approximate surface area is 130 Å². The molecule has 0 bridgehead atoms. The molecule has 1 aromatic carbocycles. The zero-order valence-electron chi connectivity index (χ0n) is 11.9. The van der Waals surface area contributed by atoms with Crippen molar-refractivity contribution in [2.45, 2.75) is 25.4 Å². The van der Waals surface area contributed by atoms with Crippen molar-refractivity contribution in [1.82, 2.24) is 4.90 Å². The Morgan fingerprint density at radius 1 is 1.25 bits per heavy atom. The lowest BCUT2D eigenvalue weighted by Gasteiger charge is -2.25. The third kappa shape index (κ3) is 4.06. The minimum Gasteiger partial charge on any atom is -0.324 e. The Balaban J connectivity index is 1.86. The van der Waals surface area contributed by atoms with Crippen LogP contribution < -0.4 is 5.73 Å². The molecule has 0 radical (unpaired) electrons. The molecule has 108 valence electrons. The van der Waals surface area contributed by atoms with Crippen molar-refractivity contribution in [3.05, 3.63) is 57.2 Å². The summed E-state index contributed by atoms with van der Waals surface area (Å²) in [6, 6.07) is 12.6. The van der Waals surface area contributed by atoms with Crippen LogP contribution in [0, 0.1) is 0 Å². The fraction of sp³-hybridized carbons (Fsp3) is 0.375.